The first-order valence-electron chi connectivity index (χ1n) is 10.2. The second-order valence-corrected chi connectivity index (χ2v) is 8.10. The topological polar surface area (TPSA) is 49.4 Å². The third-order valence-corrected chi connectivity index (χ3v) is 5.19. The fourth-order valence-electron chi connectivity index (χ4n) is 3.39. The van der Waals surface area contributed by atoms with Gasteiger partial charge in [0.05, 0.1) is 0 Å². The van der Waals surface area contributed by atoms with E-state index in [1.165, 1.54) is 0 Å². The Labute approximate surface area is 179 Å². The molecule has 0 heterocycles. The van der Waals surface area contributed by atoms with Gasteiger partial charge in [0.25, 0.3) is 0 Å². The summed E-state index contributed by atoms with van der Waals surface area (Å²) >= 11 is 6.24. The average molecular weight is 415 g/mol. The molecule has 1 N–H and O–H groups in total. The zero-order valence-corrected chi connectivity index (χ0v) is 18.5. The van der Waals surface area contributed by atoms with Crippen LogP contribution in [0.15, 0.2) is 48.5 Å². The third kappa shape index (κ3) is 6.90. The molecule has 0 fully saturated rings. The smallest absolute Gasteiger partial charge is 0.243 e. The van der Waals surface area contributed by atoms with Gasteiger partial charge in [-0.1, -0.05) is 66.6 Å². The lowest BCUT2D eigenvalue weighted by Crippen LogP contribution is -2.50. The van der Waals surface area contributed by atoms with Crippen molar-refractivity contribution < 1.29 is 9.59 Å². The molecule has 0 unspecified atom stereocenters. The predicted octanol–water partition coefficient (Wildman–Crippen LogP) is 4.91. The standard InChI is InChI=1S/C24H31ClN2O2/c1-5-22(24(29)26-17(2)3)27(16-19-10-8-9-18(4)15-19)23(28)14-13-20-11-6-7-12-21(20)25/h6-12,15,17,22H,5,13-14,16H2,1-4H3,(H,26,29)/t22-/m0/s1. The Hall–Kier alpha value is -2.33. The molecule has 0 aliphatic carbocycles. The molecule has 4 nitrogen and oxygen atoms in total. The largest absolute Gasteiger partial charge is 0.352 e. The van der Waals surface area contributed by atoms with Crippen molar-refractivity contribution in [3.05, 3.63) is 70.2 Å². The van der Waals surface area contributed by atoms with Crippen molar-refractivity contribution in [2.75, 3.05) is 0 Å². The van der Waals surface area contributed by atoms with E-state index < -0.39 is 6.04 Å². The number of nitrogens with zero attached hydrogens (tertiary/aromatic N) is 1. The number of carbonyl (C=O) groups excluding carboxylic acids is 2. The molecule has 0 saturated carbocycles. The zero-order valence-electron chi connectivity index (χ0n) is 17.7. The monoisotopic (exact) mass is 414 g/mol. The first-order chi connectivity index (χ1) is 13.8. The van der Waals surface area contributed by atoms with Crippen molar-refractivity contribution in [3.8, 4) is 0 Å². The number of amides is 2. The number of aryl methyl sites for hydroxylation is 2. The Bertz CT molecular complexity index is 835. The molecule has 0 aromatic heterocycles. The minimum absolute atomic E-state index is 0.0237. The van der Waals surface area contributed by atoms with Crippen LogP contribution in [0.2, 0.25) is 5.02 Å². The molecule has 2 aromatic carbocycles. The number of nitrogens with one attached hydrogen (secondary N) is 1. The molecule has 156 valence electrons. The number of halogens is 1. The van der Waals surface area contributed by atoms with Gasteiger partial charge in [0.15, 0.2) is 0 Å². The highest BCUT2D eigenvalue weighted by Gasteiger charge is 2.28. The van der Waals surface area contributed by atoms with E-state index in [0.29, 0.717) is 30.8 Å². The molecule has 0 radical (unpaired) electrons. The normalized spacial score (nSPS) is 11.9. The van der Waals surface area contributed by atoms with Crippen molar-refractivity contribution in [1.29, 1.82) is 0 Å². The zero-order chi connectivity index (χ0) is 21.4. The van der Waals surface area contributed by atoms with Crippen LogP contribution in [0.25, 0.3) is 0 Å². The summed E-state index contributed by atoms with van der Waals surface area (Å²) in [6, 6.07) is 15.1. The lowest BCUT2D eigenvalue weighted by molar-refractivity contribution is -0.141. The van der Waals surface area contributed by atoms with Crippen LogP contribution in [-0.2, 0) is 22.6 Å². The summed E-state index contributed by atoms with van der Waals surface area (Å²) in [5.74, 6) is -0.154. The van der Waals surface area contributed by atoms with E-state index in [4.69, 9.17) is 11.6 Å². The highest BCUT2D eigenvalue weighted by Crippen LogP contribution is 2.19. The molecular weight excluding hydrogens is 384 g/mol. The summed E-state index contributed by atoms with van der Waals surface area (Å²) in [7, 11) is 0. The van der Waals surface area contributed by atoms with Gasteiger partial charge in [0, 0.05) is 24.0 Å². The van der Waals surface area contributed by atoms with E-state index in [2.05, 4.69) is 11.4 Å². The molecule has 0 spiro atoms. The minimum atomic E-state index is -0.503. The number of rotatable bonds is 9. The number of benzene rings is 2. The van der Waals surface area contributed by atoms with Gasteiger partial charge in [-0.15, -0.1) is 0 Å². The highest BCUT2D eigenvalue weighted by molar-refractivity contribution is 6.31. The molecule has 5 heteroatoms. The molecule has 29 heavy (non-hydrogen) atoms. The SMILES string of the molecule is CC[C@@H](C(=O)NC(C)C)N(Cc1cccc(C)c1)C(=O)CCc1ccccc1Cl. The highest BCUT2D eigenvalue weighted by atomic mass is 35.5. The summed E-state index contributed by atoms with van der Waals surface area (Å²) in [5.41, 5.74) is 3.09. The van der Waals surface area contributed by atoms with E-state index in [0.717, 1.165) is 16.7 Å². The molecule has 2 aromatic rings. The number of carbonyl (C=O) groups is 2. The van der Waals surface area contributed by atoms with Gasteiger partial charge in [0.1, 0.15) is 6.04 Å². The molecule has 1 atom stereocenters. The first-order valence-corrected chi connectivity index (χ1v) is 10.6. The molecular formula is C24H31ClN2O2. The van der Waals surface area contributed by atoms with Crippen molar-refractivity contribution in [2.24, 2.45) is 0 Å². The molecule has 0 aliphatic heterocycles. The Morgan fingerprint density at radius 1 is 1.10 bits per heavy atom. The van der Waals surface area contributed by atoms with Gasteiger partial charge in [-0.3, -0.25) is 9.59 Å². The van der Waals surface area contributed by atoms with Gasteiger partial charge in [-0.05, 0) is 50.8 Å². The van der Waals surface area contributed by atoms with Crippen LogP contribution >= 0.6 is 11.6 Å². The van der Waals surface area contributed by atoms with Crippen LogP contribution in [0.5, 0.6) is 0 Å². The Kier molecular flexibility index (Phi) is 8.71. The lowest BCUT2D eigenvalue weighted by atomic mass is 10.0. The second-order valence-electron chi connectivity index (χ2n) is 7.69. The van der Waals surface area contributed by atoms with Crippen molar-refractivity contribution in [1.82, 2.24) is 10.2 Å². The predicted molar refractivity (Wildman–Crippen MR) is 119 cm³/mol. The Morgan fingerprint density at radius 3 is 2.45 bits per heavy atom. The third-order valence-electron chi connectivity index (χ3n) is 4.82. The summed E-state index contributed by atoms with van der Waals surface area (Å²) in [4.78, 5) is 27.7. The summed E-state index contributed by atoms with van der Waals surface area (Å²) in [6.45, 7) is 8.22. The average Bonchev–Trinajstić information content (AvgIpc) is 2.66. The van der Waals surface area contributed by atoms with Gasteiger partial charge in [-0.25, -0.2) is 0 Å². The van der Waals surface area contributed by atoms with Gasteiger partial charge in [0.2, 0.25) is 11.8 Å². The van der Waals surface area contributed by atoms with Crippen molar-refractivity contribution in [2.45, 2.75) is 65.6 Å². The minimum Gasteiger partial charge on any atom is -0.352 e. The maximum absolute atomic E-state index is 13.2. The van der Waals surface area contributed by atoms with Crippen LogP contribution in [-0.4, -0.2) is 28.8 Å². The quantitative estimate of drug-likeness (QED) is 0.633. The van der Waals surface area contributed by atoms with Crippen LogP contribution in [0.4, 0.5) is 0 Å². The van der Waals surface area contributed by atoms with Crippen LogP contribution in [0.3, 0.4) is 0 Å². The summed E-state index contributed by atoms with van der Waals surface area (Å²) in [5, 5.41) is 3.62. The van der Waals surface area contributed by atoms with Crippen molar-refractivity contribution in [3.63, 3.8) is 0 Å². The maximum atomic E-state index is 13.2. The second kappa shape index (κ2) is 11.0. The van der Waals surface area contributed by atoms with Crippen molar-refractivity contribution >= 4 is 23.4 Å². The van der Waals surface area contributed by atoms with Gasteiger partial charge >= 0.3 is 0 Å². The number of hydrogen-bond donors (Lipinski definition) is 1. The molecule has 0 aliphatic rings. The van der Waals surface area contributed by atoms with Crippen LogP contribution in [0.1, 0.15) is 50.3 Å². The molecule has 2 rings (SSSR count). The van der Waals surface area contributed by atoms with Gasteiger partial charge in [-0.2, -0.15) is 0 Å². The lowest BCUT2D eigenvalue weighted by Gasteiger charge is -2.31. The van der Waals surface area contributed by atoms with E-state index in [1.807, 2.05) is 70.2 Å². The fraction of sp³-hybridized carbons (Fsp3) is 0.417. The van der Waals surface area contributed by atoms with Gasteiger partial charge < -0.3 is 10.2 Å². The fourth-order valence-corrected chi connectivity index (χ4v) is 3.62. The number of hydrogen-bond acceptors (Lipinski definition) is 2. The molecule has 0 saturated heterocycles. The molecule has 2 amide bonds. The summed E-state index contributed by atoms with van der Waals surface area (Å²) < 4.78 is 0. The molecule has 0 bridgehead atoms. The first kappa shape index (κ1) is 23.0. The van der Waals surface area contributed by atoms with E-state index in [9.17, 15) is 9.59 Å². The summed E-state index contributed by atoms with van der Waals surface area (Å²) in [6.07, 6.45) is 1.41. The van der Waals surface area contributed by atoms with Crippen LogP contribution < -0.4 is 5.32 Å². The Balaban J connectivity index is 2.23. The van der Waals surface area contributed by atoms with E-state index >= 15 is 0 Å². The maximum Gasteiger partial charge on any atom is 0.243 e. The van der Waals surface area contributed by atoms with Crippen LogP contribution in [0, 0.1) is 6.92 Å². The Morgan fingerprint density at radius 2 is 1.83 bits per heavy atom. The van der Waals surface area contributed by atoms with E-state index in [-0.39, 0.29) is 17.9 Å². The van der Waals surface area contributed by atoms with E-state index in [1.54, 1.807) is 4.90 Å².